The smallest absolute Gasteiger partial charge is 0.0448 e. The van der Waals surface area contributed by atoms with Crippen molar-refractivity contribution in [1.29, 1.82) is 0 Å². The molecule has 14 heavy (non-hydrogen) atoms. The second-order valence-corrected chi connectivity index (χ2v) is 4.44. The highest BCUT2D eigenvalue weighted by Gasteiger charge is 2.30. The maximum absolute atomic E-state index is 9.11. The molecule has 1 heterocycles. The first-order valence-electron chi connectivity index (χ1n) is 5.77. The lowest BCUT2D eigenvalue weighted by Crippen LogP contribution is -2.46. The van der Waals surface area contributed by atoms with Crippen molar-refractivity contribution in [3.8, 4) is 0 Å². The number of nitrogens with zero attached hydrogens (tertiary/aromatic N) is 1. The number of aliphatic hydroxyl groups excluding tert-OH is 1. The fraction of sp³-hybridized carbons (Fsp3) is 1.00. The molecule has 1 rings (SSSR count). The summed E-state index contributed by atoms with van der Waals surface area (Å²) in [4.78, 5) is 2.39. The van der Waals surface area contributed by atoms with Gasteiger partial charge in [0.25, 0.3) is 0 Å². The van der Waals surface area contributed by atoms with Crippen molar-refractivity contribution in [2.45, 2.75) is 38.1 Å². The topological polar surface area (TPSA) is 35.5 Å². The fourth-order valence-electron chi connectivity index (χ4n) is 2.43. The van der Waals surface area contributed by atoms with Gasteiger partial charge < -0.3 is 15.3 Å². The molecule has 0 saturated carbocycles. The predicted molar refractivity (Wildman–Crippen MR) is 59.5 cm³/mol. The molecule has 1 atom stereocenters. The van der Waals surface area contributed by atoms with Crippen LogP contribution in [0.1, 0.15) is 32.6 Å². The summed E-state index contributed by atoms with van der Waals surface area (Å²) in [7, 11) is 2.18. The normalized spacial score (nSPS) is 30.2. The van der Waals surface area contributed by atoms with Crippen LogP contribution in [0.15, 0.2) is 0 Å². The number of aliphatic hydroxyl groups is 1. The number of hydrogen-bond donors (Lipinski definition) is 2. The van der Waals surface area contributed by atoms with Gasteiger partial charge in [-0.05, 0) is 52.4 Å². The van der Waals surface area contributed by atoms with E-state index < -0.39 is 0 Å². The van der Waals surface area contributed by atoms with Gasteiger partial charge in [-0.25, -0.2) is 0 Å². The van der Waals surface area contributed by atoms with E-state index in [1.54, 1.807) is 0 Å². The third-order valence-electron chi connectivity index (χ3n) is 3.31. The molecule has 84 valence electrons. The van der Waals surface area contributed by atoms with Crippen LogP contribution >= 0.6 is 0 Å². The number of nitrogens with one attached hydrogen (secondary N) is 1. The Morgan fingerprint density at radius 2 is 2.14 bits per heavy atom. The third-order valence-corrected chi connectivity index (χ3v) is 3.31. The van der Waals surface area contributed by atoms with Crippen LogP contribution in [0.2, 0.25) is 0 Å². The zero-order valence-corrected chi connectivity index (χ0v) is 9.55. The Bertz CT molecular complexity index is 155. The molecule has 1 saturated heterocycles. The van der Waals surface area contributed by atoms with Crippen molar-refractivity contribution in [2.24, 2.45) is 0 Å². The Labute approximate surface area is 87.5 Å². The minimum absolute atomic E-state index is 0.203. The van der Waals surface area contributed by atoms with Gasteiger partial charge in [0.1, 0.15) is 0 Å². The molecule has 2 N–H and O–H groups in total. The van der Waals surface area contributed by atoms with Crippen LogP contribution in [0.25, 0.3) is 0 Å². The van der Waals surface area contributed by atoms with E-state index in [0.717, 1.165) is 25.9 Å². The van der Waals surface area contributed by atoms with Crippen molar-refractivity contribution in [2.75, 3.05) is 33.3 Å². The maximum Gasteiger partial charge on any atom is 0.0448 e. The molecule has 0 spiro atoms. The van der Waals surface area contributed by atoms with Crippen LogP contribution in [0.5, 0.6) is 0 Å². The lowest BCUT2D eigenvalue weighted by Gasteiger charge is -2.33. The van der Waals surface area contributed by atoms with E-state index in [4.69, 9.17) is 5.11 Å². The summed E-state index contributed by atoms with van der Waals surface area (Å²) in [6.45, 7) is 5.79. The number of likely N-dealkylation sites (tertiary alicyclic amines) is 1. The molecule has 1 fully saturated rings. The standard InChI is InChI=1S/C11H24N2O/c1-3-12-11(7-10-14)5-4-8-13(2)9-6-11/h12,14H,3-10H2,1-2H3. The second kappa shape index (κ2) is 5.69. The molecule has 0 aromatic heterocycles. The van der Waals surface area contributed by atoms with E-state index in [1.165, 1.54) is 19.4 Å². The molecule has 1 unspecified atom stereocenters. The summed E-state index contributed by atoms with van der Waals surface area (Å²) < 4.78 is 0. The van der Waals surface area contributed by atoms with E-state index in [2.05, 4.69) is 24.2 Å². The Morgan fingerprint density at radius 3 is 2.79 bits per heavy atom. The van der Waals surface area contributed by atoms with E-state index in [1.807, 2.05) is 0 Å². The largest absolute Gasteiger partial charge is 0.396 e. The zero-order chi connectivity index (χ0) is 10.4. The quantitative estimate of drug-likeness (QED) is 0.705. The van der Waals surface area contributed by atoms with Gasteiger partial charge in [0.05, 0.1) is 0 Å². The van der Waals surface area contributed by atoms with Crippen molar-refractivity contribution >= 4 is 0 Å². The molecule has 0 aromatic rings. The van der Waals surface area contributed by atoms with Gasteiger partial charge in [-0.2, -0.15) is 0 Å². The summed E-state index contributed by atoms with van der Waals surface area (Å²) in [6.07, 6.45) is 4.50. The van der Waals surface area contributed by atoms with E-state index >= 15 is 0 Å². The second-order valence-electron chi connectivity index (χ2n) is 4.44. The first kappa shape index (κ1) is 12.0. The van der Waals surface area contributed by atoms with Gasteiger partial charge in [-0.3, -0.25) is 0 Å². The van der Waals surface area contributed by atoms with Crippen molar-refractivity contribution in [3.63, 3.8) is 0 Å². The molecular formula is C11H24N2O. The van der Waals surface area contributed by atoms with E-state index in [9.17, 15) is 0 Å². The van der Waals surface area contributed by atoms with Crippen LogP contribution in [-0.4, -0.2) is 48.8 Å². The van der Waals surface area contributed by atoms with Crippen LogP contribution in [0.4, 0.5) is 0 Å². The van der Waals surface area contributed by atoms with Crippen LogP contribution in [0, 0.1) is 0 Å². The summed E-state index contributed by atoms with van der Waals surface area (Å²) in [5.74, 6) is 0. The third kappa shape index (κ3) is 3.23. The Balaban J connectivity index is 2.55. The first-order chi connectivity index (χ1) is 6.72. The summed E-state index contributed by atoms with van der Waals surface area (Å²) in [5.41, 5.74) is 0.203. The van der Waals surface area contributed by atoms with Crippen LogP contribution in [-0.2, 0) is 0 Å². The first-order valence-corrected chi connectivity index (χ1v) is 5.77. The Kier molecular flexibility index (Phi) is 4.85. The van der Waals surface area contributed by atoms with Crippen LogP contribution in [0.3, 0.4) is 0 Å². The SMILES string of the molecule is CCNC1(CCO)CCCN(C)CC1. The highest BCUT2D eigenvalue weighted by Crippen LogP contribution is 2.25. The minimum Gasteiger partial charge on any atom is -0.396 e. The molecule has 0 aliphatic carbocycles. The average molecular weight is 200 g/mol. The van der Waals surface area contributed by atoms with Gasteiger partial charge in [-0.15, -0.1) is 0 Å². The predicted octanol–water partition coefficient (Wildman–Crippen LogP) is 0.833. The zero-order valence-electron chi connectivity index (χ0n) is 9.55. The Hall–Kier alpha value is -0.120. The lowest BCUT2D eigenvalue weighted by atomic mass is 9.87. The van der Waals surface area contributed by atoms with Gasteiger partial charge in [-0.1, -0.05) is 6.92 Å². The number of hydrogen-bond acceptors (Lipinski definition) is 3. The molecule has 0 amide bonds. The molecular weight excluding hydrogens is 176 g/mol. The van der Waals surface area contributed by atoms with E-state index in [0.29, 0.717) is 6.61 Å². The van der Waals surface area contributed by atoms with Crippen LogP contribution < -0.4 is 5.32 Å². The van der Waals surface area contributed by atoms with Gasteiger partial charge >= 0.3 is 0 Å². The molecule has 1 aliphatic rings. The van der Waals surface area contributed by atoms with Crippen molar-refractivity contribution in [1.82, 2.24) is 10.2 Å². The summed E-state index contributed by atoms with van der Waals surface area (Å²) in [5, 5.41) is 12.7. The highest BCUT2D eigenvalue weighted by molar-refractivity contribution is 4.90. The monoisotopic (exact) mass is 200 g/mol. The lowest BCUT2D eigenvalue weighted by molar-refractivity contribution is 0.192. The fourth-order valence-corrected chi connectivity index (χ4v) is 2.43. The van der Waals surface area contributed by atoms with E-state index in [-0.39, 0.29) is 5.54 Å². The van der Waals surface area contributed by atoms with Gasteiger partial charge in [0, 0.05) is 12.1 Å². The van der Waals surface area contributed by atoms with Crippen molar-refractivity contribution < 1.29 is 5.11 Å². The molecule has 0 aromatic carbocycles. The minimum atomic E-state index is 0.203. The maximum atomic E-state index is 9.11. The average Bonchev–Trinajstić information content (AvgIpc) is 2.31. The summed E-state index contributed by atoms with van der Waals surface area (Å²) >= 11 is 0. The highest BCUT2D eigenvalue weighted by atomic mass is 16.3. The molecule has 0 radical (unpaired) electrons. The number of rotatable bonds is 4. The molecule has 0 bridgehead atoms. The van der Waals surface area contributed by atoms with Gasteiger partial charge in [0.15, 0.2) is 0 Å². The molecule has 3 nitrogen and oxygen atoms in total. The van der Waals surface area contributed by atoms with Crippen molar-refractivity contribution in [3.05, 3.63) is 0 Å². The Morgan fingerprint density at radius 1 is 1.36 bits per heavy atom. The van der Waals surface area contributed by atoms with Gasteiger partial charge in [0.2, 0.25) is 0 Å². The summed E-state index contributed by atoms with van der Waals surface area (Å²) in [6, 6.07) is 0. The molecule has 1 aliphatic heterocycles. The molecule has 3 heteroatoms.